The molecule has 0 N–H and O–H groups in total. The Morgan fingerprint density at radius 3 is 2.13 bits per heavy atom. The fourth-order valence-corrected chi connectivity index (χ4v) is 8.30. The van der Waals surface area contributed by atoms with Gasteiger partial charge in [0.25, 0.3) is 0 Å². The van der Waals surface area contributed by atoms with Crippen LogP contribution in [0.1, 0.15) is 0 Å². The molecule has 214 valence electrons. The zero-order valence-electron chi connectivity index (χ0n) is 24.6. The van der Waals surface area contributed by atoms with Gasteiger partial charge in [-0.2, -0.15) is 0 Å². The lowest BCUT2D eigenvalue weighted by molar-refractivity contribution is 1.18. The minimum absolute atomic E-state index is 0.725. The molecule has 0 fully saturated rings. The lowest BCUT2D eigenvalue weighted by atomic mass is 10.0. The average Bonchev–Trinajstić information content (AvgIpc) is 3.68. The van der Waals surface area contributed by atoms with Gasteiger partial charge in [-0.05, 0) is 41.8 Å². The first-order valence-electron chi connectivity index (χ1n) is 15.4. The van der Waals surface area contributed by atoms with E-state index in [1.165, 1.54) is 52.8 Å². The van der Waals surface area contributed by atoms with E-state index in [0.717, 1.165) is 39.2 Å². The molecule has 0 saturated carbocycles. The van der Waals surface area contributed by atoms with Crippen molar-refractivity contribution in [2.45, 2.75) is 0 Å². The van der Waals surface area contributed by atoms with Crippen molar-refractivity contribution >= 4 is 75.0 Å². The molecule has 0 radical (unpaired) electrons. The van der Waals surface area contributed by atoms with Crippen molar-refractivity contribution in [2.75, 3.05) is 0 Å². The number of thiophene rings is 1. The van der Waals surface area contributed by atoms with Gasteiger partial charge in [-0.15, -0.1) is 11.3 Å². The van der Waals surface area contributed by atoms with E-state index in [2.05, 4.69) is 119 Å². The smallest absolute Gasteiger partial charge is 0.160 e. The van der Waals surface area contributed by atoms with Crippen LogP contribution < -0.4 is 0 Å². The second-order valence-electron chi connectivity index (χ2n) is 11.6. The molecule has 10 aromatic rings. The van der Waals surface area contributed by atoms with Crippen molar-refractivity contribution in [3.63, 3.8) is 0 Å². The summed E-state index contributed by atoms with van der Waals surface area (Å²) in [6.45, 7) is 0. The summed E-state index contributed by atoms with van der Waals surface area (Å²) < 4.78 is 4.99. The van der Waals surface area contributed by atoms with Gasteiger partial charge >= 0.3 is 0 Å². The van der Waals surface area contributed by atoms with Crippen molar-refractivity contribution in [3.05, 3.63) is 146 Å². The molecular weight excluding hydrogens is 581 g/mol. The van der Waals surface area contributed by atoms with E-state index in [1.807, 2.05) is 48.0 Å². The van der Waals surface area contributed by atoms with Crippen molar-refractivity contribution < 1.29 is 0 Å². The van der Waals surface area contributed by atoms with Gasteiger partial charge in [0.1, 0.15) is 0 Å². The van der Waals surface area contributed by atoms with Crippen LogP contribution in [0.4, 0.5) is 0 Å². The van der Waals surface area contributed by atoms with Crippen molar-refractivity contribution in [3.8, 4) is 28.3 Å². The molecule has 0 spiro atoms. The maximum atomic E-state index is 5.19. The average molecular weight is 605 g/mol. The topological polar surface area (TPSA) is 43.6 Å². The fraction of sp³-hybridized carbons (Fsp3) is 0. The zero-order valence-corrected chi connectivity index (χ0v) is 25.4. The van der Waals surface area contributed by atoms with Gasteiger partial charge in [0.05, 0.1) is 22.2 Å². The van der Waals surface area contributed by atoms with Gasteiger partial charge in [-0.1, -0.05) is 97.1 Å². The minimum Gasteiger partial charge on any atom is -0.309 e. The molecular formula is C41H24N4S. The van der Waals surface area contributed by atoms with Crippen LogP contribution in [0, 0.1) is 0 Å². The molecule has 5 heteroatoms. The van der Waals surface area contributed by atoms with Crippen LogP contribution in [-0.4, -0.2) is 19.5 Å². The quantitative estimate of drug-likeness (QED) is 0.201. The van der Waals surface area contributed by atoms with Crippen LogP contribution in [0.15, 0.2) is 146 Å². The summed E-state index contributed by atoms with van der Waals surface area (Å²) in [6, 6.07) is 47.0. The highest BCUT2D eigenvalue weighted by Gasteiger charge is 2.22. The van der Waals surface area contributed by atoms with E-state index in [4.69, 9.17) is 9.97 Å². The summed E-state index contributed by atoms with van der Waals surface area (Å²) >= 11 is 1.85. The Kier molecular flexibility index (Phi) is 5.41. The normalized spacial score (nSPS) is 11.9. The first kappa shape index (κ1) is 25.4. The highest BCUT2D eigenvalue weighted by molar-refractivity contribution is 7.27. The van der Waals surface area contributed by atoms with Crippen molar-refractivity contribution in [1.82, 2.24) is 19.5 Å². The Hall–Kier alpha value is -5.91. The predicted molar refractivity (Wildman–Crippen MR) is 193 cm³/mol. The Morgan fingerprint density at radius 2 is 1.28 bits per heavy atom. The van der Waals surface area contributed by atoms with Crippen molar-refractivity contribution in [2.24, 2.45) is 0 Å². The summed E-state index contributed by atoms with van der Waals surface area (Å²) in [5.74, 6) is 0.725. The van der Waals surface area contributed by atoms with E-state index < -0.39 is 0 Å². The Labute approximate surface area is 267 Å². The van der Waals surface area contributed by atoms with E-state index in [-0.39, 0.29) is 0 Å². The third-order valence-electron chi connectivity index (χ3n) is 9.06. The maximum absolute atomic E-state index is 5.19. The van der Waals surface area contributed by atoms with Gasteiger partial charge in [-0.3, -0.25) is 4.98 Å². The third kappa shape index (κ3) is 3.63. The molecule has 4 nitrogen and oxygen atoms in total. The monoisotopic (exact) mass is 604 g/mol. The molecule has 0 amide bonds. The van der Waals surface area contributed by atoms with Gasteiger partial charge in [0.2, 0.25) is 0 Å². The second kappa shape index (κ2) is 9.80. The first-order chi connectivity index (χ1) is 22.8. The molecule has 0 aliphatic carbocycles. The number of nitrogens with zero attached hydrogens (tertiary/aromatic N) is 4. The van der Waals surface area contributed by atoms with E-state index in [0.29, 0.717) is 0 Å². The molecule has 4 heterocycles. The minimum atomic E-state index is 0.725. The Morgan fingerprint density at radius 1 is 0.543 bits per heavy atom. The number of aromatic nitrogens is 4. The zero-order chi connectivity index (χ0) is 30.2. The molecule has 0 bridgehead atoms. The number of rotatable bonds is 3. The summed E-state index contributed by atoms with van der Waals surface area (Å²) in [4.78, 5) is 14.8. The Bertz CT molecular complexity index is 2800. The number of fused-ring (bicyclic) bond motifs is 11. The number of pyridine rings is 1. The van der Waals surface area contributed by atoms with Crippen LogP contribution in [0.2, 0.25) is 0 Å². The molecule has 4 aromatic heterocycles. The number of benzene rings is 6. The molecule has 0 saturated heterocycles. The lowest BCUT2D eigenvalue weighted by Crippen LogP contribution is -1.98. The van der Waals surface area contributed by atoms with Crippen LogP contribution in [0.25, 0.3) is 92.0 Å². The molecule has 46 heavy (non-hydrogen) atoms. The number of hydrogen-bond donors (Lipinski definition) is 0. The molecule has 0 atom stereocenters. The molecule has 0 aliphatic heterocycles. The number of hydrogen-bond acceptors (Lipinski definition) is 4. The molecule has 0 unspecified atom stereocenters. The highest BCUT2D eigenvalue weighted by Crippen LogP contribution is 2.47. The van der Waals surface area contributed by atoms with Crippen molar-refractivity contribution in [1.29, 1.82) is 0 Å². The van der Waals surface area contributed by atoms with Crippen LogP contribution in [0.3, 0.4) is 0 Å². The molecule has 0 aliphatic rings. The SMILES string of the molecule is c1ccc(-c2nc(-c3ccccc3)c3cc(-n4c5ccccc5c5c6ccncc6c6sc7ccccc7c6c54)ccc3n2)cc1. The first-order valence-corrected chi connectivity index (χ1v) is 16.2. The highest BCUT2D eigenvalue weighted by atomic mass is 32.1. The summed E-state index contributed by atoms with van der Waals surface area (Å²) in [5.41, 5.74) is 7.37. The predicted octanol–water partition coefficient (Wildman–Crippen LogP) is 11.0. The molecule has 6 aromatic carbocycles. The van der Waals surface area contributed by atoms with Gasteiger partial charge in [0, 0.05) is 70.9 Å². The summed E-state index contributed by atoms with van der Waals surface area (Å²) in [5, 5.41) is 8.45. The van der Waals surface area contributed by atoms with Gasteiger partial charge in [0.15, 0.2) is 5.82 Å². The Balaban J connectivity index is 1.37. The van der Waals surface area contributed by atoms with Crippen LogP contribution in [0.5, 0.6) is 0 Å². The summed E-state index contributed by atoms with van der Waals surface area (Å²) in [6.07, 6.45) is 3.94. The maximum Gasteiger partial charge on any atom is 0.160 e. The van der Waals surface area contributed by atoms with E-state index in [9.17, 15) is 0 Å². The van der Waals surface area contributed by atoms with Gasteiger partial charge < -0.3 is 4.57 Å². The second-order valence-corrected chi connectivity index (χ2v) is 12.7. The van der Waals surface area contributed by atoms with Crippen LogP contribution in [-0.2, 0) is 0 Å². The van der Waals surface area contributed by atoms with E-state index >= 15 is 0 Å². The third-order valence-corrected chi connectivity index (χ3v) is 10.3. The lowest BCUT2D eigenvalue weighted by Gasteiger charge is -2.14. The van der Waals surface area contributed by atoms with Gasteiger partial charge in [-0.25, -0.2) is 9.97 Å². The fourth-order valence-electron chi connectivity index (χ4n) is 7.07. The largest absolute Gasteiger partial charge is 0.309 e. The number of para-hydroxylation sites is 1. The van der Waals surface area contributed by atoms with E-state index in [1.54, 1.807) is 0 Å². The summed E-state index contributed by atoms with van der Waals surface area (Å²) in [7, 11) is 0. The molecule has 10 rings (SSSR count). The standard InChI is InChI=1S/C41H24N4S/c1-3-11-25(12-4-1)38-31-23-27(19-20-33(31)43-41(44-38)26-13-5-2-6-14-26)45-34-17-9-7-15-29(34)36-28-21-22-42-24-32(28)40-37(39(36)45)30-16-8-10-18-35(30)46-40/h1-24H. The van der Waals surface area contributed by atoms with Crippen LogP contribution >= 0.6 is 11.3 Å².